The van der Waals surface area contributed by atoms with Gasteiger partial charge in [-0.15, -0.1) is 0 Å². The number of hydrogen-bond donors (Lipinski definition) is 1. The summed E-state index contributed by atoms with van der Waals surface area (Å²) in [5.74, 6) is -1.67. The lowest BCUT2D eigenvalue weighted by molar-refractivity contribution is -0.195. The smallest absolute Gasteiger partial charge is 0.348 e. The molecule has 0 aromatic heterocycles. The van der Waals surface area contributed by atoms with E-state index in [0.29, 0.717) is 10.0 Å². The molecule has 0 aliphatic carbocycles. The fraction of sp³-hybridized carbons (Fsp3) is 0.111. The summed E-state index contributed by atoms with van der Waals surface area (Å²) in [6.07, 6.45) is 0.109. The van der Waals surface area contributed by atoms with Gasteiger partial charge in [0.2, 0.25) is 0 Å². The third-order valence-electron chi connectivity index (χ3n) is 3.53. The molecule has 1 saturated heterocycles. The van der Waals surface area contributed by atoms with Crippen molar-refractivity contribution in [2.75, 3.05) is 7.11 Å². The molecule has 2 aromatic rings. The molecule has 1 heterocycles. The molecule has 0 saturated carbocycles. The van der Waals surface area contributed by atoms with Gasteiger partial charge in [0, 0.05) is 15.6 Å². The van der Waals surface area contributed by atoms with Crippen LogP contribution in [0.15, 0.2) is 52.5 Å². The number of methoxy groups -OCH3 is 1. The summed E-state index contributed by atoms with van der Waals surface area (Å²) >= 11 is 3.27. The number of carbonyl (C=O) groups is 2. The van der Waals surface area contributed by atoms with Crippen molar-refractivity contribution in [3.05, 3.63) is 63.6 Å². The Hall–Kier alpha value is -2.80. The van der Waals surface area contributed by atoms with Crippen molar-refractivity contribution in [1.82, 2.24) is 0 Å². The van der Waals surface area contributed by atoms with Crippen molar-refractivity contribution in [3.63, 3.8) is 0 Å². The normalized spacial score (nSPS) is 16.9. The fourth-order valence-electron chi connectivity index (χ4n) is 2.31. The van der Waals surface area contributed by atoms with Crippen LogP contribution < -0.4 is 4.74 Å². The lowest BCUT2D eigenvalue weighted by Gasteiger charge is -2.24. The van der Waals surface area contributed by atoms with Crippen LogP contribution in [0.5, 0.6) is 11.5 Å². The van der Waals surface area contributed by atoms with Crippen molar-refractivity contribution >= 4 is 33.9 Å². The van der Waals surface area contributed by atoms with Crippen LogP contribution in [-0.4, -0.2) is 24.2 Å². The Morgan fingerprint density at radius 1 is 1.12 bits per heavy atom. The van der Waals surface area contributed by atoms with Crippen LogP contribution in [0.3, 0.4) is 0 Å². The summed E-state index contributed by atoms with van der Waals surface area (Å²) in [5, 5.41) is 10.2. The van der Waals surface area contributed by atoms with Gasteiger partial charge >= 0.3 is 11.9 Å². The molecule has 2 aromatic carbocycles. The summed E-state index contributed by atoms with van der Waals surface area (Å²) in [5.41, 5.74) is 0.450. The monoisotopic (exact) mass is 404 g/mol. The van der Waals surface area contributed by atoms with Gasteiger partial charge in [0.25, 0.3) is 6.29 Å². The molecule has 0 radical (unpaired) electrons. The van der Waals surface area contributed by atoms with Crippen LogP contribution in [0.4, 0.5) is 0 Å². The Morgan fingerprint density at radius 3 is 2.36 bits per heavy atom. The molecule has 3 rings (SSSR count). The van der Waals surface area contributed by atoms with Gasteiger partial charge in [0.05, 0.1) is 7.11 Å². The van der Waals surface area contributed by atoms with Crippen molar-refractivity contribution in [3.8, 4) is 11.5 Å². The lowest BCUT2D eigenvalue weighted by Crippen LogP contribution is -2.29. The first-order valence-corrected chi connectivity index (χ1v) is 8.04. The minimum Gasteiger partial charge on any atom is -0.504 e. The number of hydrogen-bond acceptors (Lipinski definition) is 6. The number of esters is 2. The second-order valence-electron chi connectivity index (χ2n) is 5.16. The highest BCUT2D eigenvalue weighted by molar-refractivity contribution is 9.10. The Bertz CT molecular complexity index is 839. The molecule has 0 bridgehead atoms. The molecule has 1 fully saturated rings. The fourth-order valence-corrected chi connectivity index (χ4v) is 2.76. The largest absolute Gasteiger partial charge is 0.504 e. The number of cyclic esters (lactones) is 2. The number of aromatic hydroxyl groups is 1. The van der Waals surface area contributed by atoms with Crippen LogP contribution in [0.1, 0.15) is 17.4 Å². The molecule has 0 amide bonds. The third kappa shape index (κ3) is 3.51. The molecule has 0 atom stereocenters. The maximum atomic E-state index is 12.2. The molecule has 6 nitrogen and oxygen atoms in total. The maximum Gasteiger partial charge on any atom is 0.348 e. The number of benzene rings is 2. The second-order valence-corrected chi connectivity index (χ2v) is 6.07. The van der Waals surface area contributed by atoms with E-state index >= 15 is 0 Å². The molecule has 1 aliphatic heterocycles. The average Bonchev–Trinajstić information content (AvgIpc) is 2.61. The van der Waals surface area contributed by atoms with Crippen molar-refractivity contribution in [2.45, 2.75) is 6.29 Å². The molecule has 1 aliphatic rings. The average molecular weight is 405 g/mol. The number of phenolic OH excluding ortho intramolecular Hbond substituents is 1. The highest BCUT2D eigenvalue weighted by atomic mass is 79.9. The standard InChI is InChI=1S/C18H13BrO6/c1-23-14-9-12(19)7-11(15(14)20)8-13-16(21)24-18(25-17(13)22)10-5-3-2-4-6-10/h2-9,18,20H,1H3. The first-order chi connectivity index (χ1) is 12.0. The molecule has 0 unspecified atom stereocenters. The van der Waals surface area contributed by atoms with E-state index in [2.05, 4.69) is 15.9 Å². The van der Waals surface area contributed by atoms with Crippen molar-refractivity contribution < 1.29 is 28.9 Å². The highest BCUT2D eigenvalue weighted by Gasteiger charge is 2.34. The summed E-state index contributed by atoms with van der Waals surface area (Å²) in [4.78, 5) is 24.5. The van der Waals surface area contributed by atoms with Crippen LogP contribution in [0.25, 0.3) is 6.08 Å². The Kier molecular flexibility index (Phi) is 4.76. The van der Waals surface area contributed by atoms with Crippen molar-refractivity contribution in [1.29, 1.82) is 0 Å². The minimum atomic E-state index is -1.09. The summed E-state index contributed by atoms with van der Waals surface area (Å²) in [7, 11) is 1.39. The van der Waals surface area contributed by atoms with E-state index in [9.17, 15) is 14.7 Å². The minimum absolute atomic E-state index is 0.195. The predicted molar refractivity (Wildman–Crippen MR) is 91.7 cm³/mol. The first-order valence-electron chi connectivity index (χ1n) is 7.24. The number of rotatable bonds is 3. The Labute approximate surface area is 151 Å². The molecule has 0 spiro atoms. The molecular weight excluding hydrogens is 392 g/mol. The maximum absolute atomic E-state index is 12.2. The lowest BCUT2D eigenvalue weighted by atomic mass is 10.1. The quantitative estimate of drug-likeness (QED) is 0.479. The zero-order chi connectivity index (χ0) is 18.0. The zero-order valence-electron chi connectivity index (χ0n) is 13.1. The molecule has 25 heavy (non-hydrogen) atoms. The summed E-state index contributed by atoms with van der Waals surface area (Å²) in [6.45, 7) is 0. The van der Waals surface area contributed by atoms with Gasteiger partial charge in [-0.1, -0.05) is 46.3 Å². The van der Waals surface area contributed by atoms with Gasteiger partial charge in [0.15, 0.2) is 11.5 Å². The Morgan fingerprint density at radius 2 is 1.76 bits per heavy atom. The number of ether oxygens (including phenoxy) is 3. The molecule has 128 valence electrons. The number of phenols is 1. The van der Waals surface area contributed by atoms with Crippen LogP contribution in [0.2, 0.25) is 0 Å². The van der Waals surface area contributed by atoms with Gasteiger partial charge in [-0.05, 0) is 18.2 Å². The van der Waals surface area contributed by atoms with E-state index in [1.54, 1.807) is 36.4 Å². The number of carbonyl (C=O) groups excluding carboxylic acids is 2. The zero-order valence-corrected chi connectivity index (χ0v) is 14.6. The SMILES string of the molecule is COc1cc(Br)cc(C=C2C(=O)OC(c3ccccc3)OC2=O)c1O. The van der Waals surface area contributed by atoms with E-state index in [1.807, 2.05) is 0 Å². The van der Waals surface area contributed by atoms with E-state index in [1.165, 1.54) is 19.3 Å². The van der Waals surface area contributed by atoms with Crippen LogP contribution in [0, 0.1) is 0 Å². The molecular formula is C18H13BrO6. The van der Waals surface area contributed by atoms with Gasteiger partial charge in [0.1, 0.15) is 5.57 Å². The van der Waals surface area contributed by atoms with E-state index in [-0.39, 0.29) is 22.6 Å². The van der Waals surface area contributed by atoms with Crippen molar-refractivity contribution in [2.24, 2.45) is 0 Å². The second kappa shape index (κ2) is 6.98. The topological polar surface area (TPSA) is 82.1 Å². The van der Waals surface area contributed by atoms with E-state index < -0.39 is 18.2 Å². The summed E-state index contributed by atoms with van der Waals surface area (Å²) in [6, 6.07) is 11.7. The van der Waals surface area contributed by atoms with Crippen LogP contribution in [-0.2, 0) is 19.1 Å². The van der Waals surface area contributed by atoms with E-state index in [4.69, 9.17) is 14.2 Å². The number of halogens is 1. The van der Waals surface area contributed by atoms with Gasteiger partial charge in [-0.2, -0.15) is 0 Å². The molecule has 1 N–H and O–H groups in total. The summed E-state index contributed by atoms with van der Waals surface area (Å²) < 4.78 is 16.0. The highest BCUT2D eigenvalue weighted by Crippen LogP contribution is 2.36. The third-order valence-corrected chi connectivity index (χ3v) is 3.99. The predicted octanol–water partition coefficient (Wildman–Crippen LogP) is 3.35. The van der Waals surface area contributed by atoms with Gasteiger partial charge in [-0.25, -0.2) is 9.59 Å². The van der Waals surface area contributed by atoms with Gasteiger partial charge < -0.3 is 19.3 Å². The Balaban J connectivity index is 1.92. The van der Waals surface area contributed by atoms with Crippen LogP contribution >= 0.6 is 15.9 Å². The first kappa shape index (κ1) is 17.0. The van der Waals surface area contributed by atoms with Gasteiger partial charge in [-0.3, -0.25) is 0 Å². The molecule has 7 heteroatoms. The van der Waals surface area contributed by atoms with E-state index in [0.717, 1.165) is 0 Å².